The van der Waals surface area contributed by atoms with Crippen molar-refractivity contribution in [3.05, 3.63) is 11.9 Å². The molecule has 2 N–H and O–H groups in total. The van der Waals surface area contributed by atoms with Crippen LogP contribution < -0.4 is 10.6 Å². The summed E-state index contributed by atoms with van der Waals surface area (Å²) in [6, 6.07) is 0. The molecule has 5 nitrogen and oxygen atoms in total. The van der Waals surface area contributed by atoms with Gasteiger partial charge in [0.1, 0.15) is 0 Å². The fourth-order valence-electron chi connectivity index (χ4n) is 2.90. The molecule has 0 bridgehead atoms. The lowest BCUT2D eigenvalue weighted by Crippen LogP contribution is -2.37. The van der Waals surface area contributed by atoms with E-state index in [4.69, 9.17) is 15.5 Å². The van der Waals surface area contributed by atoms with E-state index in [-0.39, 0.29) is 0 Å². The second kappa shape index (κ2) is 8.39. The molecule has 1 aliphatic heterocycles. The molecule has 1 fully saturated rings. The Morgan fingerprint density at radius 2 is 2.10 bits per heavy atom. The number of hydrogen-bond acceptors (Lipinski definition) is 4. The van der Waals surface area contributed by atoms with Gasteiger partial charge in [0.25, 0.3) is 0 Å². The predicted octanol–water partition coefficient (Wildman–Crippen LogP) is 2.05. The van der Waals surface area contributed by atoms with Crippen LogP contribution in [0.2, 0.25) is 0 Å². The van der Waals surface area contributed by atoms with Crippen LogP contribution in [0.5, 0.6) is 0 Å². The molecule has 0 aromatic carbocycles. The number of rotatable bonds is 8. The normalized spacial score (nSPS) is 16.6. The van der Waals surface area contributed by atoms with Crippen LogP contribution >= 0.6 is 0 Å². The number of imidazole rings is 1. The van der Waals surface area contributed by atoms with Gasteiger partial charge in [0.15, 0.2) is 0 Å². The lowest BCUT2D eigenvalue weighted by molar-refractivity contribution is 0.141. The topological polar surface area (TPSA) is 56.3 Å². The van der Waals surface area contributed by atoms with E-state index in [1.165, 1.54) is 18.5 Å². The van der Waals surface area contributed by atoms with Crippen LogP contribution in [0.15, 0.2) is 6.20 Å². The monoisotopic (exact) mass is 294 g/mol. The highest BCUT2D eigenvalue weighted by atomic mass is 16.5. The minimum absolute atomic E-state index is 0.688. The summed E-state index contributed by atoms with van der Waals surface area (Å²) >= 11 is 0. The molecule has 2 rings (SSSR count). The number of anilines is 1. The first kappa shape index (κ1) is 16.3. The van der Waals surface area contributed by atoms with Gasteiger partial charge in [-0.1, -0.05) is 6.92 Å². The highest BCUT2D eigenvalue weighted by Crippen LogP contribution is 2.23. The van der Waals surface area contributed by atoms with E-state index in [0.29, 0.717) is 5.92 Å². The van der Waals surface area contributed by atoms with E-state index in [9.17, 15) is 0 Å². The summed E-state index contributed by atoms with van der Waals surface area (Å²) < 4.78 is 7.75. The van der Waals surface area contributed by atoms with Crippen molar-refractivity contribution in [1.29, 1.82) is 0 Å². The Hall–Kier alpha value is -1.07. The standard InChI is InChI=1S/C16H30N4O/c1-3-15-13-20(8-5-11-21-4-2)16(18-15)19-9-6-14(12-17)7-10-19/h13-14H,3-12,17H2,1-2H3. The smallest absolute Gasteiger partial charge is 0.205 e. The maximum atomic E-state index is 5.78. The Kier molecular flexibility index (Phi) is 6.51. The van der Waals surface area contributed by atoms with Gasteiger partial charge in [-0.2, -0.15) is 0 Å². The molecule has 0 atom stereocenters. The third kappa shape index (κ3) is 4.45. The first-order valence-corrected chi connectivity index (χ1v) is 8.37. The Balaban J connectivity index is 1.98. The van der Waals surface area contributed by atoms with Crippen molar-refractivity contribution in [2.24, 2.45) is 11.7 Å². The van der Waals surface area contributed by atoms with E-state index < -0.39 is 0 Å². The largest absolute Gasteiger partial charge is 0.382 e. The van der Waals surface area contributed by atoms with Crippen molar-refractivity contribution in [2.75, 3.05) is 37.7 Å². The van der Waals surface area contributed by atoms with Gasteiger partial charge in [0.05, 0.1) is 5.69 Å². The summed E-state index contributed by atoms with van der Waals surface area (Å²) in [7, 11) is 0. The lowest BCUT2D eigenvalue weighted by Gasteiger charge is -2.32. The molecule has 0 aliphatic carbocycles. The van der Waals surface area contributed by atoms with Gasteiger partial charge in [-0.15, -0.1) is 0 Å². The molecule has 2 heterocycles. The molecule has 120 valence electrons. The first-order chi connectivity index (χ1) is 10.3. The number of nitrogens with two attached hydrogens (primary N) is 1. The maximum absolute atomic E-state index is 5.78. The molecule has 21 heavy (non-hydrogen) atoms. The second-order valence-corrected chi connectivity index (χ2v) is 5.80. The predicted molar refractivity (Wildman–Crippen MR) is 86.7 cm³/mol. The fourth-order valence-corrected chi connectivity index (χ4v) is 2.90. The maximum Gasteiger partial charge on any atom is 0.205 e. The summed E-state index contributed by atoms with van der Waals surface area (Å²) in [5.74, 6) is 1.83. The van der Waals surface area contributed by atoms with Gasteiger partial charge in [-0.3, -0.25) is 0 Å². The van der Waals surface area contributed by atoms with Crippen molar-refractivity contribution in [1.82, 2.24) is 9.55 Å². The molecule has 0 amide bonds. The molecular weight excluding hydrogens is 264 g/mol. The quantitative estimate of drug-likeness (QED) is 0.746. The van der Waals surface area contributed by atoms with Gasteiger partial charge < -0.3 is 19.9 Å². The average molecular weight is 294 g/mol. The summed E-state index contributed by atoms with van der Waals surface area (Å²) in [6.07, 6.45) is 6.61. The van der Waals surface area contributed by atoms with Crippen LogP contribution in [-0.4, -0.2) is 42.4 Å². The van der Waals surface area contributed by atoms with E-state index in [0.717, 1.165) is 58.2 Å². The minimum atomic E-state index is 0.688. The average Bonchev–Trinajstić information content (AvgIpc) is 2.95. The zero-order valence-corrected chi connectivity index (χ0v) is 13.6. The van der Waals surface area contributed by atoms with Crippen LogP contribution in [-0.2, 0) is 17.7 Å². The fraction of sp³-hybridized carbons (Fsp3) is 0.812. The van der Waals surface area contributed by atoms with Crippen molar-refractivity contribution in [3.8, 4) is 0 Å². The Labute approximate surface area is 128 Å². The summed E-state index contributed by atoms with van der Waals surface area (Å²) in [4.78, 5) is 7.24. The molecule has 0 unspecified atom stereocenters. The molecule has 0 radical (unpaired) electrons. The number of ether oxygens (including phenoxy) is 1. The number of aryl methyl sites for hydroxylation is 2. The van der Waals surface area contributed by atoms with Crippen molar-refractivity contribution >= 4 is 5.95 Å². The Morgan fingerprint density at radius 1 is 1.33 bits per heavy atom. The summed E-state index contributed by atoms with van der Waals surface area (Å²) in [5, 5.41) is 0. The Morgan fingerprint density at radius 3 is 2.71 bits per heavy atom. The van der Waals surface area contributed by atoms with E-state index in [2.05, 4.69) is 22.6 Å². The number of nitrogens with zero attached hydrogens (tertiary/aromatic N) is 3. The van der Waals surface area contributed by atoms with Gasteiger partial charge in [-0.05, 0) is 45.1 Å². The summed E-state index contributed by atoms with van der Waals surface area (Å²) in [6.45, 7) is 9.78. The van der Waals surface area contributed by atoms with Crippen LogP contribution in [0, 0.1) is 5.92 Å². The van der Waals surface area contributed by atoms with Gasteiger partial charge in [0.2, 0.25) is 5.95 Å². The van der Waals surface area contributed by atoms with Crippen molar-refractivity contribution in [2.45, 2.75) is 46.1 Å². The molecule has 0 saturated carbocycles. The second-order valence-electron chi connectivity index (χ2n) is 5.80. The molecule has 1 aromatic rings. The number of piperidine rings is 1. The van der Waals surface area contributed by atoms with Gasteiger partial charge >= 0.3 is 0 Å². The van der Waals surface area contributed by atoms with E-state index in [1.54, 1.807) is 0 Å². The molecule has 1 aliphatic rings. The zero-order chi connectivity index (χ0) is 15.1. The molecular formula is C16H30N4O. The Bertz CT molecular complexity index is 410. The van der Waals surface area contributed by atoms with E-state index >= 15 is 0 Å². The molecule has 0 spiro atoms. The first-order valence-electron chi connectivity index (χ1n) is 8.37. The SMILES string of the molecule is CCOCCCn1cc(CC)nc1N1CCC(CN)CC1. The van der Waals surface area contributed by atoms with Crippen molar-refractivity contribution in [3.63, 3.8) is 0 Å². The van der Waals surface area contributed by atoms with Crippen molar-refractivity contribution < 1.29 is 4.74 Å². The number of aromatic nitrogens is 2. The molecule has 5 heteroatoms. The van der Waals surface area contributed by atoms with Crippen LogP contribution in [0.4, 0.5) is 5.95 Å². The third-order valence-electron chi connectivity index (χ3n) is 4.29. The zero-order valence-electron chi connectivity index (χ0n) is 13.6. The van der Waals surface area contributed by atoms with Gasteiger partial charge in [0, 0.05) is 39.0 Å². The van der Waals surface area contributed by atoms with Crippen LogP contribution in [0.3, 0.4) is 0 Å². The van der Waals surface area contributed by atoms with Crippen LogP contribution in [0.1, 0.15) is 38.8 Å². The highest BCUT2D eigenvalue weighted by Gasteiger charge is 2.21. The number of hydrogen-bond donors (Lipinski definition) is 1. The minimum Gasteiger partial charge on any atom is -0.382 e. The third-order valence-corrected chi connectivity index (χ3v) is 4.29. The van der Waals surface area contributed by atoms with E-state index in [1.807, 2.05) is 6.92 Å². The molecule has 1 saturated heterocycles. The van der Waals surface area contributed by atoms with Gasteiger partial charge in [-0.25, -0.2) is 4.98 Å². The van der Waals surface area contributed by atoms with Crippen LogP contribution in [0.25, 0.3) is 0 Å². The summed E-state index contributed by atoms with van der Waals surface area (Å²) in [5.41, 5.74) is 6.97. The lowest BCUT2D eigenvalue weighted by atomic mass is 9.97. The molecule has 1 aromatic heterocycles. The highest BCUT2D eigenvalue weighted by molar-refractivity contribution is 5.34.